The minimum Gasteiger partial charge on any atom is -0.462 e. The van der Waals surface area contributed by atoms with Crippen molar-refractivity contribution in [2.24, 2.45) is 12.8 Å². The maximum absolute atomic E-state index is 13.5. The zero-order chi connectivity index (χ0) is 24.6. The van der Waals surface area contributed by atoms with Gasteiger partial charge in [-0.3, -0.25) is 14.3 Å². The smallest absolute Gasteiger partial charge is 0.341 e. The number of primary amides is 1. The molecular formula is C24H23N5O4S. The Balaban J connectivity index is 1.83. The Morgan fingerprint density at radius 3 is 2.59 bits per heavy atom. The highest BCUT2D eigenvalue weighted by Gasteiger charge is 2.26. The number of aromatic nitrogens is 3. The molecule has 0 aliphatic rings. The van der Waals surface area contributed by atoms with Crippen LogP contribution in [-0.2, 0) is 11.8 Å². The Morgan fingerprint density at radius 1 is 1.21 bits per heavy atom. The summed E-state index contributed by atoms with van der Waals surface area (Å²) in [6, 6.07) is 8.99. The minimum absolute atomic E-state index is 0.121. The van der Waals surface area contributed by atoms with Gasteiger partial charge in [-0.15, -0.1) is 11.3 Å². The standard InChI is InChI=1S/C24H23N5O4S/c1-5-33-24(32)19-12(2)20(21(25)30)34-23(19)28-22(31)15-10-18(16-11-26-29(4)13(16)3)27-17-9-7-6-8-14(15)17/h6-11H,5H2,1-4H3,(H2,25,30)(H,28,31). The third-order valence-electron chi connectivity index (χ3n) is 5.55. The number of benzene rings is 1. The van der Waals surface area contributed by atoms with Gasteiger partial charge < -0.3 is 15.8 Å². The minimum atomic E-state index is -0.683. The van der Waals surface area contributed by atoms with Crippen LogP contribution in [0.5, 0.6) is 0 Å². The predicted molar refractivity (Wildman–Crippen MR) is 130 cm³/mol. The van der Waals surface area contributed by atoms with Crippen LogP contribution < -0.4 is 11.1 Å². The molecule has 0 atom stereocenters. The lowest BCUT2D eigenvalue weighted by Gasteiger charge is -2.11. The summed E-state index contributed by atoms with van der Waals surface area (Å²) in [4.78, 5) is 42.9. The molecular weight excluding hydrogens is 454 g/mol. The second-order valence-electron chi connectivity index (χ2n) is 7.64. The van der Waals surface area contributed by atoms with Crippen molar-refractivity contribution in [3.05, 3.63) is 63.8 Å². The van der Waals surface area contributed by atoms with E-state index in [2.05, 4.69) is 10.4 Å². The molecule has 3 aromatic heterocycles. The van der Waals surface area contributed by atoms with Gasteiger partial charge in [0.1, 0.15) is 5.00 Å². The summed E-state index contributed by atoms with van der Waals surface area (Å²) in [6.07, 6.45) is 1.70. The number of amides is 2. The van der Waals surface area contributed by atoms with E-state index in [0.29, 0.717) is 27.7 Å². The molecule has 1 aromatic carbocycles. The number of hydrogen-bond donors (Lipinski definition) is 2. The van der Waals surface area contributed by atoms with Gasteiger partial charge >= 0.3 is 5.97 Å². The van der Waals surface area contributed by atoms with Gasteiger partial charge in [-0.05, 0) is 38.5 Å². The summed E-state index contributed by atoms with van der Waals surface area (Å²) in [5.74, 6) is -1.77. The number of ether oxygens (including phenoxy) is 1. The molecule has 10 heteroatoms. The number of carbonyl (C=O) groups is 3. The maximum atomic E-state index is 13.5. The van der Waals surface area contributed by atoms with E-state index in [4.69, 9.17) is 15.5 Å². The number of thiophene rings is 1. The molecule has 0 unspecified atom stereocenters. The van der Waals surface area contributed by atoms with Gasteiger partial charge in [-0.2, -0.15) is 5.10 Å². The second kappa shape index (κ2) is 9.06. The Bertz CT molecular complexity index is 1450. The van der Waals surface area contributed by atoms with Crippen LogP contribution in [0, 0.1) is 13.8 Å². The number of esters is 1. The van der Waals surface area contributed by atoms with Crippen molar-refractivity contribution in [3.8, 4) is 11.3 Å². The highest BCUT2D eigenvalue weighted by molar-refractivity contribution is 7.18. The fraction of sp³-hybridized carbons (Fsp3) is 0.208. The molecule has 0 aliphatic heterocycles. The van der Waals surface area contributed by atoms with Gasteiger partial charge in [0.25, 0.3) is 11.8 Å². The average molecular weight is 478 g/mol. The van der Waals surface area contributed by atoms with Crippen molar-refractivity contribution in [1.82, 2.24) is 14.8 Å². The van der Waals surface area contributed by atoms with E-state index < -0.39 is 17.8 Å². The summed E-state index contributed by atoms with van der Waals surface area (Å²) in [5, 5.41) is 7.92. The largest absolute Gasteiger partial charge is 0.462 e. The molecule has 174 valence electrons. The summed E-state index contributed by atoms with van der Waals surface area (Å²) in [6.45, 7) is 5.35. The molecule has 0 saturated carbocycles. The second-order valence-corrected chi connectivity index (χ2v) is 8.66. The third-order valence-corrected chi connectivity index (χ3v) is 6.77. The SMILES string of the molecule is CCOC(=O)c1c(NC(=O)c2cc(-c3cnn(C)c3C)nc3ccccc23)sc(C(N)=O)c1C. The van der Waals surface area contributed by atoms with Crippen molar-refractivity contribution in [2.45, 2.75) is 20.8 Å². The molecule has 4 rings (SSSR count). The van der Waals surface area contributed by atoms with Crippen LogP contribution in [0.4, 0.5) is 5.00 Å². The number of fused-ring (bicyclic) bond motifs is 1. The van der Waals surface area contributed by atoms with E-state index in [1.807, 2.05) is 32.2 Å². The molecule has 0 aliphatic carbocycles. The van der Waals surface area contributed by atoms with Gasteiger partial charge in [0, 0.05) is 23.7 Å². The molecule has 4 aromatic rings. The van der Waals surface area contributed by atoms with Crippen LogP contribution in [0.25, 0.3) is 22.2 Å². The lowest BCUT2D eigenvalue weighted by Crippen LogP contribution is -2.16. The lowest BCUT2D eigenvalue weighted by molar-refractivity contribution is 0.0527. The summed E-state index contributed by atoms with van der Waals surface area (Å²) in [5.41, 5.74) is 9.28. The van der Waals surface area contributed by atoms with E-state index in [-0.39, 0.29) is 22.0 Å². The first-order valence-corrected chi connectivity index (χ1v) is 11.3. The van der Waals surface area contributed by atoms with Gasteiger partial charge in [0.2, 0.25) is 0 Å². The summed E-state index contributed by atoms with van der Waals surface area (Å²) < 4.78 is 6.87. The van der Waals surface area contributed by atoms with Crippen LogP contribution in [0.2, 0.25) is 0 Å². The van der Waals surface area contributed by atoms with Crippen LogP contribution >= 0.6 is 11.3 Å². The molecule has 34 heavy (non-hydrogen) atoms. The third kappa shape index (κ3) is 4.03. The van der Waals surface area contributed by atoms with Crippen molar-refractivity contribution >= 4 is 45.0 Å². The van der Waals surface area contributed by atoms with Gasteiger partial charge in [0.05, 0.1) is 40.0 Å². The van der Waals surface area contributed by atoms with E-state index in [1.165, 1.54) is 0 Å². The Labute approximate surface area is 199 Å². The van der Waals surface area contributed by atoms with Crippen LogP contribution in [-0.4, -0.2) is 39.2 Å². The quantitative estimate of drug-likeness (QED) is 0.406. The zero-order valence-electron chi connectivity index (χ0n) is 19.1. The first-order chi connectivity index (χ1) is 16.2. The van der Waals surface area contributed by atoms with Gasteiger partial charge in [-0.1, -0.05) is 18.2 Å². The van der Waals surface area contributed by atoms with Gasteiger partial charge in [-0.25, -0.2) is 9.78 Å². The van der Waals surface area contributed by atoms with Crippen molar-refractivity contribution in [3.63, 3.8) is 0 Å². The first-order valence-electron chi connectivity index (χ1n) is 10.5. The number of carbonyl (C=O) groups excluding carboxylic acids is 3. The highest BCUT2D eigenvalue weighted by Crippen LogP contribution is 2.35. The van der Waals surface area contributed by atoms with Crippen LogP contribution in [0.1, 0.15) is 48.6 Å². The Kier molecular flexibility index (Phi) is 6.16. The van der Waals surface area contributed by atoms with Gasteiger partial charge in [0.15, 0.2) is 0 Å². The van der Waals surface area contributed by atoms with E-state index in [1.54, 1.807) is 36.9 Å². The number of hydrogen-bond acceptors (Lipinski definition) is 7. The molecule has 0 fully saturated rings. The fourth-order valence-electron chi connectivity index (χ4n) is 3.71. The average Bonchev–Trinajstić information content (AvgIpc) is 3.31. The monoisotopic (exact) mass is 477 g/mol. The summed E-state index contributed by atoms with van der Waals surface area (Å²) >= 11 is 0.947. The number of nitrogens with two attached hydrogens (primary N) is 1. The molecule has 0 bridgehead atoms. The molecule has 0 saturated heterocycles. The topological polar surface area (TPSA) is 129 Å². The van der Waals surface area contributed by atoms with E-state index in [0.717, 1.165) is 22.6 Å². The van der Waals surface area contributed by atoms with Crippen LogP contribution in [0.3, 0.4) is 0 Å². The van der Waals surface area contributed by atoms with E-state index >= 15 is 0 Å². The molecule has 3 heterocycles. The predicted octanol–water partition coefficient (Wildman–Crippen LogP) is 3.84. The molecule has 9 nitrogen and oxygen atoms in total. The molecule has 0 spiro atoms. The Morgan fingerprint density at radius 2 is 1.94 bits per heavy atom. The van der Waals surface area contributed by atoms with Crippen LogP contribution in [0.15, 0.2) is 36.5 Å². The number of rotatable bonds is 6. The van der Waals surface area contributed by atoms with Crippen molar-refractivity contribution < 1.29 is 19.1 Å². The number of nitrogens with one attached hydrogen (secondary N) is 1. The summed E-state index contributed by atoms with van der Waals surface area (Å²) in [7, 11) is 1.83. The first kappa shape index (κ1) is 23.1. The number of para-hydroxylation sites is 1. The lowest BCUT2D eigenvalue weighted by atomic mass is 10.0. The fourth-order valence-corrected chi connectivity index (χ4v) is 4.75. The highest BCUT2D eigenvalue weighted by atomic mass is 32.1. The zero-order valence-corrected chi connectivity index (χ0v) is 19.9. The maximum Gasteiger partial charge on any atom is 0.341 e. The molecule has 2 amide bonds. The Hall–Kier alpha value is -4.05. The molecule has 3 N–H and O–H groups in total. The number of aryl methyl sites for hydroxylation is 1. The van der Waals surface area contributed by atoms with E-state index in [9.17, 15) is 14.4 Å². The molecule has 0 radical (unpaired) electrons. The number of nitrogens with zero attached hydrogens (tertiary/aromatic N) is 3. The van der Waals surface area contributed by atoms with Crippen molar-refractivity contribution in [1.29, 1.82) is 0 Å². The number of anilines is 1. The van der Waals surface area contributed by atoms with Crippen molar-refractivity contribution in [2.75, 3.05) is 11.9 Å². The number of pyridine rings is 1. The normalized spacial score (nSPS) is 10.9.